The smallest absolute Gasteiger partial charge is 0.137 e. The van der Waals surface area contributed by atoms with Crippen LogP contribution in [0.3, 0.4) is 0 Å². The minimum Gasteiger partial charge on any atom is -0.221 e. The number of aromatic nitrogens is 2. The molecular formula is C14H20Cl2N2. The Labute approximate surface area is 119 Å². The molecule has 0 spiro atoms. The second-order valence-electron chi connectivity index (χ2n) is 5.69. The minimum atomic E-state index is 0.255. The molecule has 0 saturated heterocycles. The lowest BCUT2D eigenvalue weighted by Gasteiger charge is -2.25. The van der Waals surface area contributed by atoms with Gasteiger partial charge in [0.15, 0.2) is 0 Å². The summed E-state index contributed by atoms with van der Waals surface area (Å²) in [5.74, 6) is 2.34. The monoisotopic (exact) mass is 286 g/mol. The quantitative estimate of drug-likeness (QED) is 0.698. The van der Waals surface area contributed by atoms with Crippen molar-refractivity contribution < 1.29 is 0 Å². The van der Waals surface area contributed by atoms with Crippen molar-refractivity contribution in [2.24, 2.45) is 5.92 Å². The largest absolute Gasteiger partial charge is 0.221 e. The Morgan fingerprint density at radius 3 is 1.94 bits per heavy atom. The van der Waals surface area contributed by atoms with E-state index in [-0.39, 0.29) is 5.92 Å². The van der Waals surface area contributed by atoms with Crippen LogP contribution in [0.25, 0.3) is 0 Å². The molecule has 0 bridgehead atoms. The van der Waals surface area contributed by atoms with Gasteiger partial charge in [-0.2, -0.15) is 0 Å². The van der Waals surface area contributed by atoms with E-state index in [0.29, 0.717) is 16.2 Å². The van der Waals surface area contributed by atoms with Gasteiger partial charge < -0.3 is 0 Å². The van der Waals surface area contributed by atoms with Gasteiger partial charge in [-0.3, -0.25) is 0 Å². The van der Waals surface area contributed by atoms with Crippen LogP contribution in [0.15, 0.2) is 0 Å². The van der Waals surface area contributed by atoms with E-state index in [2.05, 4.69) is 30.7 Å². The van der Waals surface area contributed by atoms with Gasteiger partial charge in [0.25, 0.3) is 0 Å². The third-order valence-corrected chi connectivity index (χ3v) is 4.40. The van der Waals surface area contributed by atoms with Crippen LogP contribution >= 0.6 is 23.2 Å². The molecule has 0 radical (unpaired) electrons. The third-order valence-electron chi connectivity index (χ3n) is 3.83. The molecule has 1 heterocycles. The van der Waals surface area contributed by atoms with Crippen LogP contribution < -0.4 is 0 Å². The molecule has 0 amide bonds. The zero-order chi connectivity index (χ0) is 13.3. The minimum absolute atomic E-state index is 0.255. The Kier molecular flexibility index (Phi) is 4.50. The van der Waals surface area contributed by atoms with Gasteiger partial charge >= 0.3 is 0 Å². The Bertz CT molecular complexity index is 401. The molecule has 0 atom stereocenters. The van der Waals surface area contributed by atoms with E-state index in [1.54, 1.807) is 0 Å². The lowest BCUT2D eigenvalue weighted by Crippen LogP contribution is -2.14. The van der Waals surface area contributed by atoms with E-state index in [4.69, 9.17) is 23.2 Å². The van der Waals surface area contributed by atoms with Gasteiger partial charge in [-0.05, 0) is 24.7 Å². The molecular weight excluding hydrogens is 267 g/mol. The summed E-state index contributed by atoms with van der Waals surface area (Å²) in [5, 5.41) is 1.05. The van der Waals surface area contributed by atoms with Crippen molar-refractivity contribution in [2.75, 3.05) is 0 Å². The molecule has 1 fully saturated rings. The van der Waals surface area contributed by atoms with Crippen molar-refractivity contribution in [1.82, 2.24) is 9.97 Å². The summed E-state index contributed by atoms with van der Waals surface area (Å²) in [7, 11) is 0. The number of hydrogen-bond donors (Lipinski definition) is 0. The van der Waals surface area contributed by atoms with Crippen LogP contribution in [0.5, 0.6) is 0 Å². The van der Waals surface area contributed by atoms with Gasteiger partial charge in [0.1, 0.15) is 16.1 Å². The maximum Gasteiger partial charge on any atom is 0.137 e. The SMILES string of the molecule is CC1CCC(c2nc(Cl)c(C(C)C)c(Cl)n2)CC1. The molecule has 1 aliphatic carbocycles. The molecule has 1 aromatic heterocycles. The normalized spacial score (nSPS) is 24.6. The predicted molar refractivity (Wildman–Crippen MR) is 76.5 cm³/mol. The summed E-state index contributed by atoms with van der Waals surface area (Å²) >= 11 is 12.5. The van der Waals surface area contributed by atoms with Gasteiger partial charge in [0.2, 0.25) is 0 Å². The summed E-state index contributed by atoms with van der Waals surface area (Å²) in [4.78, 5) is 8.95. The van der Waals surface area contributed by atoms with Crippen LogP contribution in [0.4, 0.5) is 0 Å². The number of rotatable bonds is 2. The van der Waals surface area contributed by atoms with E-state index in [9.17, 15) is 0 Å². The highest BCUT2D eigenvalue weighted by atomic mass is 35.5. The van der Waals surface area contributed by atoms with Crippen LogP contribution in [0, 0.1) is 5.92 Å². The van der Waals surface area contributed by atoms with E-state index in [1.165, 1.54) is 12.8 Å². The van der Waals surface area contributed by atoms with Gasteiger partial charge in [0, 0.05) is 11.5 Å². The first kappa shape index (κ1) is 14.1. The van der Waals surface area contributed by atoms with Crippen molar-refractivity contribution in [1.29, 1.82) is 0 Å². The van der Waals surface area contributed by atoms with Crippen LogP contribution in [0.2, 0.25) is 10.3 Å². The number of halogens is 2. The van der Waals surface area contributed by atoms with Gasteiger partial charge in [-0.25, -0.2) is 9.97 Å². The summed E-state index contributed by atoms with van der Waals surface area (Å²) < 4.78 is 0. The van der Waals surface area contributed by atoms with Crippen LogP contribution in [-0.4, -0.2) is 9.97 Å². The molecule has 0 N–H and O–H groups in total. The average molecular weight is 287 g/mol. The topological polar surface area (TPSA) is 25.8 Å². The molecule has 4 heteroatoms. The van der Waals surface area contributed by atoms with Crippen molar-refractivity contribution in [3.8, 4) is 0 Å². The predicted octanol–water partition coefficient (Wildman–Crippen LogP) is 5.20. The average Bonchev–Trinajstić information content (AvgIpc) is 2.28. The van der Waals surface area contributed by atoms with Crippen molar-refractivity contribution in [2.45, 2.75) is 58.3 Å². The fourth-order valence-electron chi connectivity index (χ4n) is 2.61. The highest BCUT2D eigenvalue weighted by Crippen LogP contribution is 2.36. The molecule has 1 saturated carbocycles. The van der Waals surface area contributed by atoms with Crippen LogP contribution in [-0.2, 0) is 0 Å². The Hall–Kier alpha value is -0.340. The molecule has 0 unspecified atom stereocenters. The number of nitrogens with zero attached hydrogens (tertiary/aromatic N) is 2. The van der Waals surface area contributed by atoms with E-state index >= 15 is 0 Å². The van der Waals surface area contributed by atoms with Crippen molar-refractivity contribution >= 4 is 23.2 Å². The Morgan fingerprint density at radius 2 is 1.50 bits per heavy atom. The van der Waals surface area contributed by atoms with E-state index < -0.39 is 0 Å². The fourth-order valence-corrected chi connectivity index (χ4v) is 3.45. The highest BCUT2D eigenvalue weighted by Gasteiger charge is 2.24. The molecule has 0 aromatic carbocycles. The van der Waals surface area contributed by atoms with E-state index in [1.807, 2.05) is 0 Å². The number of hydrogen-bond acceptors (Lipinski definition) is 2. The second-order valence-corrected chi connectivity index (χ2v) is 6.40. The molecule has 1 aliphatic rings. The first-order valence-corrected chi connectivity index (χ1v) is 7.47. The van der Waals surface area contributed by atoms with Gasteiger partial charge in [-0.15, -0.1) is 0 Å². The van der Waals surface area contributed by atoms with Crippen molar-refractivity contribution in [3.05, 3.63) is 21.7 Å². The zero-order valence-electron chi connectivity index (χ0n) is 11.2. The first-order valence-electron chi connectivity index (χ1n) is 6.71. The second kappa shape index (κ2) is 5.75. The summed E-state index contributed by atoms with van der Waals surface area (Å²) in [6, 6.07) is 0. The molecule has 100 valence electrons. The van der Waals surface area contributed by atoms with E-state index in [0.717, 1.165) is 30.1 Å². The summed E-state index contributed by atoms with van der Waals surface area (Å²) in [6.45, 7) is 6.41. The maximum absolute atomic E-state index is 6.24. The fraction of sp³-hybridized carbons (Fsp3) is 0.714. The zero-order valence-corrected chi connectivity index (χ0v) is 12.7. The molecule has 0 aliphatic heterocycles. The lowest BCUT2D eigenvalue weighted by molar-refractivity contribution is 0.339. The Balaban J connectivity index is 2.25. The summed E-state index contributed by atoms with van der Waals surface area (Å²) in [5.41, 5.74) is 0.867. The highest BCUT2D eigenvalue weighted by molar-refractivity contribution is 6.34. The Morgan fingerprint density at radius 1 is 1.00 bits per heavy atom. The molecule has 2 nitrogen and oxygen atoms in total. The molecule has 1 aromatic rings. The van der Waals surface area contributed by atoms with Crippen molar-refractivity contribution in [3.63, 3.8) is 0 Å². The summed E-state index contributed by atoms with van der Waals surface area (Å²) in [6.07, 6.45) is 4.79. The first-order chi connectivity index (χ1) is 8.49. The van der Waals surface area contributed by atoms with Crippen LogP contribution in [0.1, 0.15) is 69.7 Å². The molecule has 18 heavy (non-hydrogen) atoms. The molecule has 2 rings (SSSR count). The van der Waals surface area contributed by atoms with Gasteiger partial charge in [-0.1, -0.05) is 56.8 Å². The third kappa shape index (κ3) is 2.97. The lowest BCUT2D eigenvalue weighted by atomic mass is 9.82. The van der Waals surface area contributed by atoms with Gasteiger partial charge in [0.05, 0.1) is 0 Å². The maximum atomic E-state index is 6.24. The standard InChI is InChI=1S/C14H20Cl2N2/c1-8(2)11-12(15)17-14(18-13(11)16)10-6-4-9(3)5-7-10/h8-10H,4-7H2,1-3H3.